The molecule has 0 saturated heterocycles. The molecule has 0 fully saturated rings. The first kappa shape index (κ1) is 16.3. The van der Waals surface area contributed by atoms with Crippen molar-refractivity contribution in [2.45, 2.75) is 13.0 Å². The zero-order valence-electron chi connectivity index (χ0n) is 13.3. The van der Waals surface area contributed by atoms with Gasteiger partial charge in [0.1, 0.15) is 12.0 Å². The minimum Gasteiger partial charge on any atom is -0.347 e. The number of nitrogens with zero attached hydrogens (tertiary/aromatic N) is 1. The van der Waals surface area contributed by atoms with Crippen LogP contribution in [0, 0.1) is 0 Å². The Bertz CT molecular complexity index is 898. The Hall–Kier alpha value is -2.59. The molecule has 0 radical (unpaired) electrons. The molecule has 0 spiro atoms. The van der Waals surface area contributed by atoms with E-state index in [-0.39, 0.29) is 5.91 Å². The van der Waals surface area contributed by atoms with Crippen LogP contribution in [0.1, 0.15) is 21.6 Å². The van der Waals surface area contributed by atoms with Crippen LogP contribution in [0.15, 0.2) is 48.5 Å². The number of hydrogen-bond donors (Lipinski definition) is 1. The molecule has 0 atom stereocenters. The van der Waals surface area contributed by atoms with Gasteiger partial charge in [0, 0.05) is 35.9 Å². The van der Waals surface area contributed by atoms with Crippen molar-refractivity contribution in [1.82, 2.24) is 9.88 Å². The fraction of sp³-hybridized carbons (Fsp3) is 0.158. The van der Waals surface area contributed by atoms with Crippen LogP contribution in [0.2, 0.25) is 5.02 Å². The second-order valence-electron chi connectivity index (χ2n) is 5.66. The number of carbonyl (C=O) groups excluding carboxylic acids is 2. The van der Waals surface area contributed by atoms with E-state index in [0.717, 1.165) is 28.3 Å². The lowest BCUT2D eigenvalue weighted by atomic mass is 10.1. The van der Waals surface area contributed by atoms with Crippen LogP contribution in [0.25, 0.3) is 10.9 Å². The molecule has 0 aliphatic carbocycles. The van der Waals surface area contributed by atoms with E-state index < -0.39 is 0 Å². The van der Waals surface area contributed by atoms with Gasteiger partial charge in [0.05, 0.1) is 0 Å². The molecule has 3 rings (SSSR count). The van der Waals surface area contributed by atoms with Crippen molar-refractivity contribution in [2.24, 2.45) is 7.05 Å². The molecule has 0 aliphatic rings. The van der Waals surface area contributed by atoms with Crippen molar-refractivity contribution in [3.63, 3.8) is 0 Å². The van der Waals surface area contributed by atoms with E-state index in [1.54, 1.807) is 0 Å². The Morgan fingerprint density at radius 1 is 1.12 bits per heavy atom. The summed E-state index contributed by atoms with van der Waals surface area (Å²) in [4.78, 5) is 22.9. The highest BCUT2D eigenvalue weighted by Crippen LogP contribution is 2.22. The highest BCUT2D eigenvalue weighted by Gasteiger charge is 2.13. The number of nitrogens with one attached hydrogen (secondary N) is 1. The molecular weight excluding hydrogens is 324 g/mol. The second kappa shape index (κ2) is 6.89. The molecule has 1 heterocycles. The van der Waals surface area contributed by atoms with Crippen LogP contribution >= 0.6 is 11.6 Å². The molecular formula is C19H17ClN2O2. The summed E-state index contributed by atoms with van der Waals surface area (Å²) in [7, 11) is 1.85. The van der Waals surface area contributed by atoms with Crippen LogP contribution in [0.4, 0.5) is 0 Å². The van der Waals surface area contributed by atoms with Crippen molar-refractivity contribution >= 4 is 34.7 Å². The lowest BCUT2D eigenvalue weighted by molar-refractivity contribution is -0.107. The molecule has 0 aliphatic heterocycles. The van der Waals surface area contributed by atoms with E-state index in [4.69, 9.17) is 11.6 Å². The number of rotatable bonds is 5. The van der Waals surface area contributed by atoms with E-state index >= 15 is 0 Å². The summed E-state index contributed by atoms with van der Waals surface area (Å²) in [5.41, 5.74) is 3.46. The van der Waals surface area contributed by atoms with Crippen LogP contribution in [0.3, 0.4) is 0 Å². The average Bonchev–Trinajstić information content (AvgIpc) is 2.91. The summed E-state index contributed by atoms with van der Waals surface area (Å²) in [5.74, 6) is -0.137. The Kier molecular flexibility index (Phi) is 4.67. The Morgan fingerprint density at radius 2 is 1.83 bits per heavy atom. The Labute approximate surface area is 145 Å². The summed E-state index contributed by atoms with van der Waals surface area (Å²) >= 11 is 6.02. The largest absolute Gasteiger partial charge is 0.347 e. The molecule has 2 aromatic carbocycles. The summed E-state index contributed by atoms with van der Waals surface area (Å²) < 4.78 is 1.84. The van der Waals surface area contributed by atoms with E-state index in [2.05, 4.69) is 5.32 Å². The monoisotopic (exact) mass is 340 g/mol. The third-order valence-corrected chi connectivity index (χ3v) is 4.27. The number of hydrogen-bond acceptors (Lipinski definition) is 2. The van der Waals surface area contributed by atoms with Gasteiger partial charge in [0.15, 0.2) is 0 Å². The molecule has 1 aromatic heterocycles. The van der Waals surface area contributed by atoms with Crippen molar-refractivity contribution in [3.05, 3.63) is 70.4 Å². The number of carbonyl (C=O) groups is 2. The molecule has 3 aromatic rings. The molecule has 24 heavy (non-hydrogen) atoms. The number of aldehydes is 1. The molecule has 1 amide bonds. The molecule has 0 unspecified atom stereocenters. The lowest BCUT2D eigenvalue weighted by Crippen LogP contribution is -2.24. The van der Waals surface area contributed by atoms with E-state index in [1.807, 2.05) is 60.1 Å². The summed E-state index contributed by atoms with van der Waals surface area (Å²) in [6.07, 6.45) is 1.29. The molecule has 5 heteroatoms. The fourth-order valence-electron chi connectivity index (χ4n) is 2.68. The van der Waals surface area contributed by atoms with Gasteiger partial charge in [-0.1, -0.05) is 41.9 Å². The van der Waals surface area contributed by atoms with Crippen LogP contribution in [-0.4, -0.2) is 16.8 Å². The first-order chi connectivity index (χ1) is 11.6. The SMILES string of the molecule is Cn1c(C(=O)NCc2ccc(CC=O)cc2)cc2ccc(Cl)cc21. The minimum absolute atomic E-state index is 0.137. The molecule has 122 valence electrons. The van der Waals surface area contributed by atoms with Crippen LogP contribution < -0.4 is 5.32 Å². The van der Waals surface area contributed by atoms with Crippen molar-refractivity contribution in [3.8, 4) is 0 Å². The van der Waals surface area contributed by atoms with Gasteiger partial charge in [-0.25, -0.2) is 0 Å². The number of benzene rings is 2. The molecule has 0 saturated carbocycles. The normalized spacial score (nSPS) is 10.8. The van der Waals surface area contributed by atoms with E-state index in [9.17, 15) is 9.59 Å². The number of halogens is 1. The molecule has 1 N–H and O–H groups in total. The number of aromatic nitrogens is 1. The quantitative estimate of drug-likeness (QED) is 0.723. The van der Waals surface area contributed by atoms with Gasteiger partial charge >= 0.3 is 0 Å². The first-order valence-corrected chi connectivity index (χ1v) is 8.01. The Morgan fingerprint density at radius 3 is 2.54 bits per heavy atom. The Balaban J connectivity index is 1.73. The molecule has 4 nitrogen and oxygen atoms in total. The van der Waals surface area contributed by atoms with Gasteiger partial charge in [0.25, 0.3) is 5.91 Å². The standard InChI is InChI=1S/C19H17ClN2O2/c1-22-17-11-16(20)7-6-15(17)10-18(22)19(24)21-12-14-4-2-13(3-5-14)8-9-23/h2-7,9-11H,8,12H2,1H3,(H,21,24). The van der Waals surface area contributed by atoms with E-state index in [1.165, 1.54) is 0 Å². The molecule has 0 bridgehead atoms. The zero-order chi connectivity index (χ0) is 17.1. The summed E-state index contributed by atoms with van der Waals surface area (Å²) in [6, 6.07) is 15.0. The maximum Gasteiger partial charge on any atom is 0.268 e. The van der Waals surface area contributed by atoms with Gasteiger partial charge in [-0.15, -0.1) is 0 Å². The highest BCUT2D eigenvalue weighted by molar-refractivity contribution is 6.31. The smallest absolute Gasteiger partial charge is 0.268 e. The fourth-order valence-corrected chi connectivity index (χ4v) is 2.85. The third kappa shape index (κ3) is 3.34. The topological polar surface area (TPSA) is 51.1 Å². The summed E-state index contributed by atoms with van der Waals surface area (Å²) in [5, 5.41) is 4.54. The third-order valence-electron chi connectivity index (χ3n) is 4.04. The van der Waals surface area contributed by atoms with Gasteiger partial charge in [-0.3, -0.25) is 4.79 Å². The van der Waals surface area contributed by atoms with Gasteiger partial charge < -0.3 is 14.7 Å². The maximum atomic E-state index is 12.5. The predicted octanol–water partition coefficient (Wildman–Crippen LogP) is 3.50. The maximum absolute atomic E-state index is 12.5. The highest BCUT2D eigenvalue weighted by atomic mass is 35.5. The second-order valence-corrected chi connectivity index (χ2v) is 6.10. The van der Waals surface area contributed by atoms with Crippen molar-refractivity contribution in [2.75, 3.05) is 0 Å². The first-order valence-electron chi connectivity index (χ1n) is 7.63. The average molecular weight is 341 g/mol. The minimum atomic E-state index is -0.137. The van der Waals surface area contributed by atoms with Crippen LogP contribution in [0.5, 0.6) is 0 Å². The van der Waals surface area contributed by atoms with E-state index in [0.29, 0.717) is 23.7 Å². The van der Waals surface area contributed by atoms with Crippen LogP contribution in [-0.2, 0) is 24.8 Å². The van der Waals surface area contributed by atoms with Gasteiger partial charge in [0.2, 0.25) is 0 Å². The lowest BCUT2D eigenvalue weighted by Gasteiger charge is -2.07. The van der Waals surface area contributed by atoms with Crippen molar-refractivity contribution < 1.29 is 9.59 Å². The number of aryl methyl sites for hydroxylation is 1. The predicted molar refractivity (Wildman–Crippen MR) is 95.3 cm³/mol. The van der Waals surface area contributed by atoms with Crippen molar-refractivity contribution in [1.29, 1.82) is 0 Å². The van der Waals surface area contributed by atoms with Gasteiger partial charge in [-0.2, -0.15) is 0 Å². The van der Waals surface area contributed by atoms with Gasteiger partial charge in [-0.05, 0) is 29.3 Å². The summed E-state index contributed by atoms with van der Waals surface area (Å²) in [6.45, 7) is 0.433. The zero-order valence-corrected chi connectivity index (χ0v) is 14.0. The number of amides is 1. The number of fused-ring (bicyclic) bond motifs is 1.